The first kappa shape index (κ1) is 25.1. The predicted molar refractivity (Wildman–Crippen MR) is 126 cm³/mol. The van der Waals surface area contributed by atoms with Crippen LogP contribution in [0.1, 0.15) is 92.9 Å². The van der Waals surface area contributed by atoms with E-state index in [2.05, 4.69) is 5.32 Å². The van der Waals surface area contributed by atoms with Gasteiger partial charge < -0.3 is 24.6 Å². The maximum Gasteiger partial charge on any atom is 0.410 e. The van der Waals surface area contributed by atoms with E-state index in [1.54, 1.807) is 0 Å². The van der Waals surface area contributed by atoms with Gasteiger partial charge >= 0.3 is 12.2 Å². The van der Waals surface area contributed by atoms with Gasteiger partial charge in [-0.25, -0.2) is 9.59 Å². The van der Waals surface area contributed by atoms with Gasteiger partial charge in [0.2, 0.25) is 0 Å². The molecule has 0 spiro atoms. The Morgan fingerprint density at radius 3 is 2.06 bits per heavy atom. The summed E-state index contributed by atoms with van der Waals surface area (Å²) in [5, 5.41) is 3.80. The molecule has 0 aromatic rings. The molecular weight excluding hydrogens is 406 g/mol. The Hall–Kier alpha value is -1.50. The first-order chi connectivity index (χ1) is 14.9. The summed E-state index contributed by atoms with van der Waals surface area (Å²) < 4.78 is 11.4. The van der Waals surface area contributed by atoms with E-state index in [1.165, 1.54) is 12.8 Å². The van der Waals surface area contributed by atoms with Crippen molar-refractivity contribution in [3.05, 3.63) is 0 Å². The van der Waals surface area contributed by atoms with Crippen LogP contribution in [0.3, 0.4) is 0 Å². The molecular formula is C25H45N3O4. The first-order valence-corrected chi connectivity index (χ1v) is 12.7. The highest BCUT2D eigenvalue weighted by Gasteiger charge is 2.41. The minimum Gasteiger partial charge on any atom is -0.444 e. The molecule has 7 heteroatoms. The zero-order chi connectivity index (χ0) is 23.5. The largest absolute Gasteiger partial charge is 0.444 e. The minimum atomic E-state index is -0.472. The summed E-state index contributed by atoms with van der Waals surface area (Å²) in [5.74, 6) is 0.444. The van der Waals surface area contributed by atoms with Crippen LogP contribution in [0.15, 0.2) is 0 Å². The van der Waals surface area contributed by atoms with Crippen molar-refractivity contribution in [2.75, 3.05) is 19.6 Å². The quantitative estimate of drug-likeness (QED) is 0.656. The molecule has 4 unspecified atom stereocenters. The minimum absolute atomic E-state index is 0.167. The molecule has 0 aromatic carbocycles. The Labute approximate surface area is 194 Å². The second-order valence-corrected chi connectivity index (χ2v) is 11.8. The van der Waals surface area contributed by atoms with Gasteiger partial charge in [0.05, 0.1) is 0 Å². The predicted octanol–water partition coefficient (Wildman–Crippen LogP) is 4.93. The van der Waals surface area contributed by atoms with Gasteiger partial charge in [0, 0.05) is 37.8 Å². The second kappa shape index (κ2) is 10.2. The van der Waals surface area contributed by atoms with Gasteiger partial charge in [-0.3, -0.25) is 0 Å². The van der Waals surface area contributed by atoms with Crippen LogP contribution in [0.5, 0.6) is 0 Å². The maximum atomic E-state index is 12.9. The smallest absolute Gasteiger partial charge is 0.410 e. The average Bonchev–Trinajstić information content (AvgIpc) is 3.32. The molecule has 3 rings (SSSR count). The zero-order valence-electron chi connectivity index (χ0n) is 21.1. The molecule has 1 saturated carbocycles. The molecule has 32 heavy (non-hydrogen) atoms. The lowest BCUT2D eigenvalue weighted by Crippen LogP contribution is -2.54. The number of rotatable bonds is 4. The van der Waals surface area contributed by atoms with E-state index in [1.807, 2.05) is 51.3 Å². The molecule has 4 atom stereocenters. The number of hydrogen-bond donors (Lipinski definition) is 1. The van der Waals surface area contributed by atoms with Crippen LogP contribution < -0.4 is 5.32 Å². The first-order valence-electron chi connectivity index (χ1n) is 12.7. The van der Waals surface area contributed by atoms with Gasteiger partial charge in [-0.15, -0.1) is 0 Å². The summed E-state index contributed by atoms with van der Waals surface area (Å²) in [4.78, 5) is 29.4. The fraction of sp³-hybridized carbons (Fsp3) is 0.920. The Balaban J connectivity index is 1.60. The van der Waals surface area contributed by atoms with Crippen LogP contribution in [0.25, 0.3) is 0 Å². The summed E-state index contributed by atoms with van der Waals surface area (Å²) in [6.45, 7) is 13.9. The van der Waals surface area contributed by atoms with Crippen LogP contribution in [0, 0.1) is 5.92 Å². The molecule has 2 heterocycles. The third-order valence-electron chi connectivity index (χ3n) is 6.86. The molecule has 2 saturated heterocycles. The zero-order valence-corrected chi connectivity index (χ0v) is 21.1. The monoisotopic (exact) mass is 451 g/mol. The number of likely N-dealkylation sites (tertiary alicyclic amines) is 2. The Morgan fingerprint density at radius 1 is 0.781 bits per heavy atom. The Kier molecular flexibility index (Phi) is 8.00. The molecule has 3 fully saturated rings. The summed E-state index contributed by atoms with van der Waals surface area (Å²) >= 11 is 0. The van der Waals surface area contributed by atoms with E-state index in [4.69, 9.17) is 9.47 Å². The van der Waals surface area contributed by atoms with Crippen molar-refractivity contribution >= 4 is 12.2 Å². The van der Waals surface area contributed by atoms with Crippen molar-refractivity contribution in [2.24, 2.45) is 5.92 Å². The molecule has 2 aliphatic heterocycles. The van der Waals surface area contributed by atoms with Crippen molar-refractivity contribution in [1.29, 1.82) is 0 Å². The average molecular weight is 452 g/mol. The van der Waals surface area contributed by atoms with Crippen LogP contribution in [-0.2, 0) is 9.47 Å². The van der Waals surface area contributed by atoms with Gasteiger partial charge in [0.15, 0.2) is 0 Å². The van der Waals surface area contributed by atoms with Crippen LogP contribution in [0.4, 0.5) is 9.59 Å². The van der Waals surface area contributed by atoms with E-state index in [9.17, 15) is 9.59 Å². The lowest BCUT2D eigenvalue weighted by molar-refractivity contribution is -0.000641. The van der Waals surface area contributed by atoms with Crippen LogP contribution in [0.2, 0.25) is 0 Å². The number of carbonyl (C=O) groups is 2. The van der Waals surface area contributed by atoms with Gasteiger partial charge in [-0.2, -0.15) is 0 Å². The third-order valence-corrected chi connectivity index (χ3v) is 6.86. The molecule has 3 aliphatic rings. The normalized spacial score (nSPS) is 29.3. The highest BCUT2D eigenvalue weighted by Crippen LogP contribution is 2.36. The number of ether oxygens (including phenoxy) is 2. The van der Waals surface area contributed by atoms with Crippen molar-refractivity contribution in [1.82, 2.24) is 15.1 Å². The number of hydrogen-bond acceptors (Lipinski definition) is 5. The van der Waals surface area contributed by atoms with Crippen LogP contribution >= 0.6 is 0 Å². The number of piperidine rings is 1. The number of nitrogens with zero attached hydrogens (tertiary/aromatic N) is 2. The topological polar surface area (TPSA) is 71.1 Å². The summed E-state index contributed by atoms with van der Waals surface area (Å²) in [6.07, 6.45) is 8.39. The fourth-order valence-corrected chi connectivity index (χ4v) is 5.55. The van der Waals surface area contributed by atoms with E-state index in [0.29, 0.717) is 12.0 Å². The van der Waals surface area contributed by atoms with Crippen molar-refractivity contribution in [3.63, 3.8) is 0 Å². The standard InChI is InChI=1S/C25H45N3O4/c1-24(2,3)31-22(29)27-16-10-11-18(27)17-26-20-13-9-12-19(20)21-14-7-8-15-28(21)23(30)32-25(4,5)6/h18-21,26H,7-17H2,1-6H3. The van der Waals surface area contributed by atoms with Crippen molar-refractivity contribution in [3.8, 4) is 0 Å². The highest BCUT2D eigenvalue weighted by molar-refractivity contribution is 5.69. The summed E-state index contributed by atoms with van der Waals surface area (Å²) in [7, 11) is 0. The van der Waals surface area contributed by atoms with E-state index in [-0.39, 0.29) is 24.3 Å². The van der Waals surface area contributed by atoms with E-state index >= 15 is 0 Å². The number of amides is 2. The Morgan fingerprint density at radius 2 is 1.41 bits per heavy atom. The lowest BCUT2D eigenvalue weighted by Gasteiger charge is -2.42. The third kappa shape index (κ3) is 6.75. The molecule has 2 amide bonds. The van der Waals surface area contributed by atoms with Gasteiger partial charge in [-0.1, -0.05) is 6.42 Å². The van der Waals surface area contributed by atoms with E-state index < -0.39 is 11.2 Å². The summed E-state index contributed by atoms with van der Waals surface area (Å²) in [6, 6.07) is 0.799. The maximum absolute atomic E-state index is 12.9. The van der Waals surface area contributed by atoms with Crippen molar-refractivity contribution < 1.29 is 19.1 Å². The molecule has 0 bridgehead atoms. The Bertz CT molecular complexity index is 655. The van der Waals surface area contributed by atoms with Crippen LogP contribution in [-0.4, -0.2) is 70.9 Å². The fourth-order valence-electron chi connectivity index (χ4n) is 5.55. The number of nitrogens with one attached hydrogen (secondary N) is 1. The summed E-state index contributed by atoms with van der Waals surface area (Å²) in [5.41, 5.74) is -0.944. The van der Waals surface area contributed by atoms with E-state index in [0.717, 1.165) is 58.2 Å². The SMILES string of the molecule is CC(C)(C)OC(=O)N1CCCC1CNC1CCCC1C1CCCCN1C(=O)OC(C)(C)C. The second-order valence-electron chi connectivity index (χ2n) is 11.8. The highest BCUT2D eigenvalue weighted by atomic mass is 16.6. The molecule has 1 aliphatic carbocycles. The molecule has 1 N–H and O–H groups in total. The molecule has 0 aromatic heterocycles. The van der Waals surface area contributed by atoms with Gasteiger partial charge in [0.25, 0.3) is 0 Å². The molecule has 0 radical (unpaired) electrons. The van der Waals surface area contributed by atoms with Crippen molar-refractivity contribution in [2.45, 2.75) is 122 Å². The van der Waals surface area contributed by atoms with Gasteiger partial charge in [-0.05, 0) is 92.4 Å². The molecule has 7 nitrogen and oxygen atoms in total. The number of carbonyl (C=O) groups excluding carboxylic acids is 2. The molecule has 184 valence electrons. The lowest BCUT2D eigenvalue weighted by atomic mass is 9.86. The van der Waals surface area contributed by atoms with Gasteiger partial charge in [0.1, 0.15) is 11.2 Å².